The van der Waals surface area contributed by atoms with Crippen LogP contribution in [0.1, 0.15) is 51.0 Å². The number of nitrogens with one attached hydrogen (secondary N) is 2. The number of H-pyrrole nitrogens is 1. The van der Waals surface area contributed by atoms with E-state index < -0.39 is 0 Å². The lowest BCUT2D eigenvalue weighted by Gasteiger charge is -2.30. The summed E-state index contributed by atoms with van der Waals surface area (Å²) in [6.07, 6.45) is 9.30. The first-order valence-corrected chi connectivity index (χ1v) is 11.4. The average Bonchev–Trinajstić information content (AvgIpc) is 3.28. The molecular weight excluding hydrogens is 388 g/mol. The molecule has 0 spiro atoms. The third-order valence-electron chi connectivity index (χ3n) is 6.19. The summed E-state index contributed by atoms with van der Waals surface area (Å²) in [7, 11) is 0. The molecule has 3 aromatic rings. The van der Waals surface area contributed by atoms with Gasteiger partial charge in [-0.3, -0.25) is 0 Å². The fourth-order valence-corrected chi connectivity index (χ4v) is 4.44. The van der Waals surface area contributed by atoms with Gasteiger partial charge in [0, 0.05) is 48.8 Å². The van der Waals surface area contributed by atoms with Gasteiger partial charge in [-0.05, 0) is 51.5 Å². The van der Waals surface area contributed by atoms with Crippen LogP contribution in [-0.4, -0.2) is 51.8 Å². The van der Waals surface area contributed by atoms with Gasteiger partial charge in [0.25, 0.3) is 0 Å². The van der Waals surface area contributed by atoms with Gasteiger partial charge in [-0.15, -0.1) is 0 Å². The second-order valence-electron chi connectivity index (χ2n) is 8.41. The highest BCUT2D eigenvalue weighted by molar-refractivity contribution is 6.09. The van der Waals surface area contributed by atoms with E-state index in [4.69, 9.17) is 15.0 Å². The van der Waals surface area contributed by atoms with Gasteiger partial charge in [0.15, 0.2) is 0 Å². The molecule has 8 nitrogen and oxygen atoms in total. The van der Waals surface area contributed by atoms with Crippen LogP contribution in [0, 0.1) is 0 Å². The Bertz CT molecular complexity index is 1020. The van der Waals surface area contributed by atoms with Gasteiger partial charge in [-0.25, -0.2) is 5.43 Å². The molecule has 2 aliphatic heterocycles. The molecule has 0 bridgehead atoms. The van der Waals surface area contributed by atoms with E-state index >= 15 is 0 Å². The molecule has 31 heavy (non-hydrogen) atoms. The third kappa shape index (κ3) is 4.33. The van der Waals surface area contributed by atoms with Gasteiger partial charge in [-0.2, -0.15) is 20.1 Å². The predicted octanol–water partition coefficient (Wildman–Crippen LogP) is 4.17. The summed E-state index contributed by atoms with van der Waals surface area (Å²) in [6.45, 7) is 6.00. The fraction of sp³-hybridized carbons (Fsp3) is 0.478. The first kappa shape index (κ1) is 19.8. The molecule has 1 aromatic carbocycles. The summed E-state index contributed by atoms with van der Waals surface area (Å²) >= 11 is 0. The van der Waals surface area contributed by atoms with E-state index in [0.717, 1.165) is 60.3 Å². The van der Waals surface area contributed by atoms with Crippen LogP contribution >= 0.6 is 0 Å². The van der Waals surface area contributed by atoms with Crippen molar-refractivity contribution in [3.63, 3.8) is 0 Å². The van der Waals surface area contributed by atoms with E-state index in [2.05, 4.69) is 37.4 Å². The zero-order valence-electron chi connectivity index (χ0n) is 18.1. The Morgan fingerprint density at radius 3 is 2.13 bits per heavy atom. The highest BCUT2D eigenvalue weighted by Crippen LogP contribution is 2.23. The number of hydrogen-bond acceptors (Lipinski definition) is 7. The van der Waals surface area contributed by atoms with Crippen LogP contribution in [0.2, 0.25) is 0 Å². The van der Waals surface area contributed by atoms with Crippen molar-refractivity contribution in [2.75, 3.05) is 41.4 Å². The standard InChI is InChI=1S/C23H30N8/c1-17(19-16-24-20-11-5-4-10-18(19)20)28-29-21-25-22(30-12-6-2-7-13-30)27-23(26-21)31-14-8-3-9-15-31/h4-5,10-11,16,24H,2-3,6-9,12-15H2,1H3,(H,25,26,27,29)/b28-17+. The maximum absolute atomic E-state index is 4.83. The summed E-state index contributed by atoms with van der Waals surface area (Å²) in [5.41, 5.74) is 6.18. The van der Waals surface area contributed by atoms with Crippen LogP contribution in [0.3, 0.4) is 0 Å². The van der Waals surface area contributed by atoms with Crippen molar-refractivity contribution >= 4 is 34.5 Å². The molecule has 0 saturated carbocycles. The largest absolute Gasteiger partial charge is 0.360 e. The molecule has 4 heterocycles. The first-order chi connectivity index (χ1) is 15.3. The smallest absolute Gasteiger partial charge is 0.250 e. The van der Waals surface area contributed by atoms with Crippen molar-refractivity contribution in [3.05, 3.63) is 36.0 Å². The molecule has 2 fully saturated rings. The van der Waals surface area contributed by atoms with Crippen molar-refractivity contribution in [1.29, 1.82) is 0 Å². The minimum atomic E-state index is 0.510. The topological polar surface area (TPSA) is 85.3 Å². The van der Waals surface area contributed by atoms with Gasteiger partial charge in [0.05, 0.1) is 5.71 Å². The summed E-state index contributed by atoms with van der Waals surface area (Å²) in [6, 6.07) is 8.25. The molecule has 0 amide bonds. The van der Waals surface area contributed by atoms with Crippen molar-refractivity contribution in [3.8, 4) is 0 Å². The fourth-order valence-electron chi connectivity index (χ4n) is 4.44. The number of nitrogens with zero attached hydrogens (tertiary/aromatic N) is 6. The Hall–Kier alpha value is -3.16. The molecule has 2 N–H and O–H groups in total. The highest BCUT2D eigenvalue weighted by atomic mass is 15.4. The Balaban J connectivity index is 1.43. The molecule has 2 saturated heterocycles. The van der Waals surface area contributed by atoms with Crippen LogP contribution in [0.5, 0.6) is 0 Å². The Morgan fingerprint density at radius 2 is 1.48 bits per heavy atom. The maximum atomic E-state index is 4.83. The third-order valence-corrected chi connectivity index (χ3v) is 6.19. The highest BCUT2D eigenvalue weighted by Gasteiger charge is 2.20. The predicted molar refractivity (Wildman–Crippen MR) is 126 cm³/mol. The molecule has 8 heteroatoms. The average molecular weight is 419 g/mol. The Morgan fingerprint density at radius 1 is 0.871 bits per heavy atom. The monoisotopic (exact) mass is 418 g/mol. The van der Waals surface area contributed by atoms with Gasteiger partial charge < -0.3 is 14.8 Å². The molecular formula is C23H30N8. The van der Waals surface area contributed by atoms with Crippen LogP contribution in [0.4, 0.5) is 17.8 Å². The molecule has 5 rings (SSSR count). The van der Waals surface area contributed by atoms with E-state index in [1.807, 2.05) is 25.3 Å². The van der Waals surface area contributed by atoms with Crippen molar-refractivity contribution in [2.45, 2.75) is 45.4 Å². The molecule has 0 aliphatic carbocycles. The van der Waals surface area contributed by atoms with Gasteiger partial charge in [0.1, 0.15) is 0 Å². The second kappa shape index (κ2) is 8.91. The number of benzene rings is 1. The molecule has 0 atom stereocenters. The van der Waals surface area contributed by atoms with Crippen LogP contribution in [0.25, 0.3) is 10.9 Å². The van der Waals surface area contributed by atoms with Gasteiger partial charge in [0.2, 0.25) is 17.8 Å². The number of anilines is 3. The van der Waals surface area contributed by atoms with Gasteiger partial charge in [-0.1, -0.05) is 18.2 Å². The summed E-state index contributed by atoms with van der Waals surface area (Å²) in [4.78, 5) is 22.1. The lowest BCUT2D eigenvalue weighted by molar-refractivity contribution is 0.556. The number of rotatable bonds is 5. The normalized spacial score (nSPS) is 17.9. The van der Waals surface area contributed by atoms with E-state index in [9.17, 15) is 0 Å². The Kier molecular flexibility index (Phi) is 5.69. The number of para-hydroxylation sites is 1. The van der Waals surface area contributed by atoms with E-state index in [-0.39, 0.29) is 0 Å². The van der Waals surface area contributed by atoms with Crippen LogP contribution in [-0.2, 0) is 0 Å². The quantitative estimate of drug-likeness (QED) is 0.478. The number of fused-ring (bicyclic) bond motifs is 1. The van der Waals surface area contributed by atoms with Crippen molar-refractivity contribution in [1.82, 2.24) is 19.9 Å². The number of aromatic nitrogens is 4. The second-order valence-corrected chi connectivity index (χ2v) is 8.41. The lowest BCUT2D eigenvalue weighted by atomic mass is 10.1. The number of piperidine rings is 2. The zero-order chi connectivity index (χ0) is 21.0. The zero-order valence-corrected chi connectivity index (χ0v) is 18.1. The number of aromatic amines is 1. The van der Waals surface area contributed by atoms with Gasteiger partial charge >= 0.3 is 0 Å². The lowest BCUT2D eigenvalue weighted by Crippen LogP contribution is -2.34. The minimum Gasteiger partial charge on any atom is -0.360 e. The number of hydrogen-bond donors (Lipinski definition) is 2. The number of hydrazone groups is 1. The Labute approximate surface area is 182 Å². The van der Waals surface area contributed by atoms with Crippen LogP contribution < -0.4 is 15.2 Å². The molecule has 2 aromatic heterocycles. The summed E-state index contributed by atoms with van der Waals surface area (Å²) in [5.74, 6) is 2.03. The molecule has 0 unspecified atom stereocenters. The summed E-state index contributed by atoms with van der Waals surface area (Å²) < 4.78 is 0. The summed E-state index contributed by atoms with van der Waals surface area (Å²) in [5, 5.41) is 5.77. The van der Waals surface area contributed by atoms with Crippen LogP contribution in [0.15, 0.2) is 35.6 Å². The SMILES string of the molecule is C/C(=N\Nc1nc(N2CCCCC2)nc(N2CCCCC2)n1)c1c[nH]c2ccccc12. The molecule has 0 radical (unpaired) electrons. The van der Waals surface area contributed by atoms with E-state index in [1.165, 1.54) is 38.5 Å². The first-order valence-electron chi connectivity index (χ1n) is 11.4. The molecule has 162 valence electrons. The maximum Gasteiger partial charge on any atom is 0.250 e. The van der Waals surface area contributed by atoms with E-state index in [0.29, 0.717) is 5.95 Å². The minimum absolute atomic E-state index is 0.510. The molecule has 2 aliphatic rings. The van der Waals surface area contributed by atoms with Crippen molar-refractivity contribution < 1.29 is 0 Å². The van der Waals surface area contributed by atoms with E-state index in [1.54, 1.807) is 0 Å². The van der Waals surface area contributed by atoms with Crippen molar-refractivity contribution in [2.24, 2.45) is 5.10 Å².